The molecule has 148 valence electrons. The highest BCUT2D eigenvalue weighted by atomic mass is 79.9. The Kier molecular flexibility index (Phi) is 6.91. The topological polar surface area (TPSA) is 73.2 Å². The highest BCUT2D eigenvalue weighted by molar-refractivity contribution is 9.10. The lowest BCUT2D eigenvalue weighted by molar-refractivity contribution is -0.117. The molecule has 3 rings (SSSR count). The lowest BCUT2D eigenvalue weighted by Gasteiger charge is -2.18. The number of carbonyl (C=O) groups is 2. The summed E-state index contributed by atoms with van der Waals surface area (Å²) in [5, 5.41) is 12.7. The molecule has 1 fully saturated rings. The van der Waals surface area contributed by atoms with Gasteiger partial charge in [0.15, 0.2) is 0 Å². The maximum Gasteiger partial charge on any atom is 0.264 e. The molecule has 0 aliphatic carbocycles. The van der Waals surface area contributed by atoms with Gasteiger partial charge in [-0.1, -0.05) is 57.0 Å². The van der Waals surface area contributed by atoms with E-state index in [0.29, 0.717) is 27.2 Å². The number of amides is 2. The van der Waals surface area contributed by atoms with Gasteiger partial charge in [-0.25, -0.2) is 0 Å². The van der Waals surface area contributed by atoms with Crippen LogP contribution in [0.25, 0.3) is 0 Å². The summed E-state index contributed by atoms with van der Waals surface area (Å²) in [5.41, 5.74) is 1.31. The van der Waals surface area contributed by atoms with Gasteiger partial charge in [0.05, 0.1) is 15.3 Å². The van der Waals surface area contributed by atoms with E-state index < -0.39 is 11.2 Å². The normalized spacial score (nSPS) is 17.8. The van der Waals surface area contributed by atoms with Gasteiger partial charge < -0.3 is 5.32 Å². The number of nitrogens with one attached hydrogen (secondary N) is 1. The fraction of sp³-hybridized carbons (Fsp3) is 0.150. The van der Waals surface area contributed by atoms with Crippen LogP contribution in [-0.4, -0.2) is 24.1 Å². The van der Waals surface area contributed by atoms with Gasteiger partial charge in [-0.3, -0.25) is 14.5 Å². The molecule has 0 radical (unpaired) electrons. The van der Waals surface area contributed by atoms with Crippen LogP contribution in [0.4, 0.5) is 5.69 Å². The van der Waals surface area contributed by atoms with E-state index in [-0.39, 0.29) is 11.5 Å². The first-order chi connectivity index (χ1) is 13.8. The molecule has 1 aliphatic rings. The quantitative estimate of drug-likeness (QED) is 0.467. The van der Waals surface area contributed by atoms with Gasteiger partial charge in [-0.2, -0.15) is 5.26 Å². The number of rotatable bonds is 4. The van der Waals surface area contributed by atoms with Gasteiger partial charge >= 0.3 is 0 Å². The minimum absolute atomic E-state index is 0.106. The zero-order valence-electron chi connectivity index (χ0n) is 15.1. The molecule has 0 bridgehead atoms. The molecule has 0 aromatic heterocycles. The zero-order valence-corrected chi connectivity index (χ0v) is 19.0. The van der Waals surface area contributed by atoms with Gasteiger partial charge in [-0.05, 0) is 48.4 Å². The number of likely N-dealkylation sites (N-methyl/N-ethyl adjacent to an activating group) is 1. The number of hydrogen-bond acceptors (Lipinski definition) is 4. The number of nitriles is 1. The van der Waals surface area contributed by atoms with E-state index in [9.17, 15) is 14.9 Å². The summed E-state index contributed by atoms with van der Waals surface area (Å²) in [5.74, 6) is -0.754. The number of nitrogens with zero attached hydrogens (tertiary/aromatic N) is 2. The Morgan fingerprint density at radius 2 is 1.93 bits per heavy atom. The summed E-state index contributed by atoms with van der Waals surface area (Å²) in [4.78, 5) is 26.9. The molecule has 1 unspecified atom stereocenters. The minimum Gasteiger partial charge on any atom is -0.354 e. The molecule has 1 aliphatic heterocycles. The van der Waals surface area contributed by atoms with Crippen molar-refractivity contribution in [2.45, 2.75) is 11.7 Å². The molecular weight excluding hydrogens is 497 g/mol. The first-order valence-electron chi connectivity index (χ1n) is 8.42. The van der Waals surface area contributed by atoms with Crippen LogP contribution < -0.4 is 10.2 Å². The fourth-order valence-electron chi connectivity index (χ4n) is 2.82. The van der Waals surface area contributed by atoms with Crippen LogP contribution in [0.2, 0.25) is 10.0 Å². The molecule has 2 amide bonds. The van der Waals surface area contributed by atoms with E-state index in [1.165, 1.54) is 23.7 Å². The second kappa shape index (κ2) is 9.23. The van der Waals surface area contributed by atoms with Crippen LogP contribution in [-0.2, 0) is 16.0 Å². The third-order valence-electron chi connectivity index (χ3n) is 4.22. The monoisotopic (exact) mass is 509 g/mol. The smallest absolute Gasteiger partial charge is 0.264 e. The van der Waals surface area contributed by atoms with Crippen molar-refractivity contribution in [3.8, 4) is 6.07 Å². The summed E-state index contributed by atoms with van der Waals surface area (Å²) in [7, 11) is 1.44. The Bertz CT molecular complexity index is 1050. The zero-order chi connectivity index (χ0) is 21.1. The Morgan fingerprint density at radius 1 is 1.24 bits per heavy atom. The van der Waals surface area contributed by atoms with Crippen LogP contribution in [0.15, 0.2) is 57.5 Å². The average molecular weight is 511 g/mol. The lowest BCUT2D eigenvalue weighted by atomic mass is 10.1. The highest BCUT2D eigenvalue weighted by Crippen LogP contribution is 2.42. The van der Waals surface area contributed by atoms with Crippen molar-refractivity contribution >= 4 is 68.4 Å². The van der Waals surface area contributed by atoms with Gasteiger partial charge in [0.1, 0.15) is 16.7 Å². The summed E-state index contributed by atoms with van der Waals surface area (Å²) in [6.45, 7) is 0. The molecule has 0 spiro atoms. The van der Waals surface area contributed by atoms with Crippen molar-refractivity contribution in [2.75, 3.05) is 11.9 Å². The van der Waals surface area contributed by atoms with Crippen molar-refractivity contribution in [3.05, 3.63) is 73.1 Å². The molecule has 9 heteroatoms. The lowest BCUT2D eigenvalue weighted by Crippen LogP contribution is -2.31. The van der Waals surface area contributed by atoms with Gasteiger partial charge in [0.2, 0.25) is 5.91 Å². The maximum atomic E-state index is 13.2. The molecule has 29 heavy (non-hydrogen) atoms. The number of anilines is 1. The Labute approximate surface area is 190 Å². The number of halogens is 3. The van der Waals surface area contributed by atoms with E-state index in [4.69, 9.17) is 23.2 Å². The van der Waals surface area contributed by atoms with Crippen molar-refractivity contribution in [2.24, 2.45) is 0 Å². The SMILES string of the molecule is CNC(=O)/C(C#N)=C1\SC(Cc2ccc(Cl)c(Cl)c2)C(=O)N1c1ccc(Br)cc1. The van der Waals surface area contributed by atoms with Crippen LogP contribution in [0.1, 0.15) is 5.56 Å². The van der Waals surface area contributed by atoms with Crippen LogP contribution >= 0.6 is 50.9 Å². The predicted molar refractivity (Wildman–Crippen MR) is 120 cm³/mol. The number of thioether (sulfide) groups is 1. The molecule has 5 nitrogen and oxygen atoms in total. The summed E-state index contributed by atoms with van der Waals surface area (Å²) in [6.07, 6.45) is 0.378. The molecular formula is C20H14BrCl2N3O2S. The first-order valence-corrected chi connectivity index (χ1v) is 10.8. The second-order valence-electron chi connectivity index (χ2n) is 6.08. The summed E-state index contributed by atoms with van der Waals surface area (Å²) < 4.78 is 0.852. The predicted octanol–water partition coefficient (Wildman–Crippen LogP) is 4.93. The Balaban J connectivity index is 2.03. The van der Waals surface area contributed by atoms with Crippen molar-refractivity contribution in [1.29, 1.82) is 5.26 Å². The van der Waals surface area contributed by atoms with Gasteiger partial charge in [0.25, 0.3) is 5.91 Å². The number of hydrogen-bond donors (Lipinski definition) is 1. The van der Waals surface area contributed by atoms with Crippen molar-refractivity contribution < 1.29 is 9.59 Å². The van der Waals surface area contributed by atoms with E-state index in [1.807, 2.05) is 6.07 Å². The molecule has 1 heterocycles. The summed E-state index contributed by atoms with van der Waals surface area (Å²) in [6, 6.07) is 14.2. The number of benzene rings is 2. The first kappa shape index (κ1) is 21.7. The number of carbonyl (C=O) groups excluding carboxylic acids is 2. The van der Waals surface area contributed by atoms with E-state index in [2.05, 4.69) is 21.2 Å². The molecule has 1 saturated heterocycles. The van der Waals surface area contributed by atoms with E-state index in [0.717, 1.165) is 10.0 Å². The third kappa shape index (κ3) is 4.62. The minimum atomic E-state index is -0.542. The van der Waals surface area contributed by atoms with Crippen molar-refractivity contribution in [1.82, 2.24) is 5.32 Å². The second-order valence-corrected chi connectivity index (χ2v) is 9.00. The van der Waals surface area contributed by atoms with E-state index >= 15 is 0 Å². The van der Waals surface area contributed by atoms with Gasteiger partial charge in [-0.15, -0.1) is 0 Å². The fourth-order valence-corrected chi connectivity index (χ4v) is 4.71. The van der Waals surface area contributed by atoms with Gasteiger partial charge in [0, 0.05) is 17.2 Å². The maximum absolute atomic E-state index is 13.2. The molecule has 1 N–H and O–H groups in total. The highest BCUT2D eigenvalue weighted by Gasteiger charge is 2.40. The van der Waals surface area contributed by atoms with Crippen LogP contribution in [0, 0.1) is 11.3 Å². The van der Waals surface area contributed by atoms with Crippen LogP contribution in [0.5, 0.6) is 0 Å². The third-order valence-corrected chi connectivity index (χ3v) is 6.75. The molecule has 0 saturated carbocycles. The van der Waals surface area contributed by atoms with Crippen molar-refractivity contribution in [3.63, 3.8) is 0 Å². The standard InChI is InChI=1S/C20H14BrCl2N3O2S/c1-25-18(27)14(10-24)20-26(13-5-3-12(21)4-6-13)19(28)17(29-20)9-11-2-7-15(22)16(23)8-11/h2-8,17H,9H2,1H3,(H,25,27)/b20-14-. The molecule has 1 atom stereocenters. The average Bonchev–Trinajstić information content (AvgIpc) is 3.01. The summed E-state index contributed by atoms with van der Waals surface area (Å²) >= 11 is 16.6. The van der Waals surface area contributed by atoms with Crippen LogP contribution in [0.3, 0.4) is 0 Å². The largest absolute Gasteiger partial charge is 0.354 e. The molecule has 2 aromatic rings. The Morgan fingerprint density at radius 3 is 2.52 bits per heavy atom. The molecule has 2 aromatic carbocycles. The Hall–Kier alpha value is -1.98. The van der Waals surface area contributed by atoms with E-state index in [1.54, 1.807) is 42.5 Å².